The molecule has 4 heterocycles. The van der Waals surface area contributed by atoms with Gasteiger partial charge in [-0.05, 0) is 63.5 Å². The van der Waals surface area contributed by atoms with Crippen LogP contribution in [-0.4, -0.2) is 56.3 Å². The zero-order valence-corrected chi connectivity index (χ0v) is 23.3. The predicted octanol–water partition coefficient (Wildman–Crippen LogP) is 6.27. The molecule has 0 aliphatic heterocycles. The molecular weight excluding hydrogens is 509 g/mol. The molecule has 3 N–H and O–H groups in total. The molecule has 40 heavy (non-hydrogen) atoms. The van der Waals surface area contributed by atoms with Gasteiger partial charge >= 0.3 is 6.03 Å². The van der Waals surface area contributed by atoms with Crippen LogP contribution in [0.1, 0.15) is 77.2 Å². The number of nitrogens with one attached hydrogen (secondary N) is 3. The molecule has 5 rings (SSSR count). The van der Waals surface area contributed by atoms with Crippen LogP contribution >= 0.6 is 0 Å². The average Bonchev–Trinajstić information content (AvgIpc) is 3.58. The molecule has 1 aliphatic carbocycles. The molecule has 4 aromatic heterocycles. The SMILES string of the molecule is CCCCCOCCCCCNC(=O)N[C@@H]1CCC[C@H](n2ccc3cnc(-c4c[nH]c5ncc(F)cc45)nc32)C1. The van der Waals surface area contributed by atoms with Crippen molar-refractivity contribution >= 4 is 28.1 Å². The summed E-state index contributed by atoms with van der Waals surface area (Å²) in [6.45, 7) is 4.53. The number of nitrogens with zero attached hydrogens (tertiary/aromatic N) is 4. The Labute approximate surface area is 234 Å². The number of hydrogen-bond donors (Lipinski definition) is 3. The van der Waals surface area contributed by atoms with Gasteiger partial charge in [0.05, 0.1) is 6.20 Å². The van der Waals surface area contributed by atoms with Crippen LogP contribution in [-0.2, 0) is 4.74 Å². The number of aromatic nitrogens is 5. The molecule has 1 fully saturated rings. The minimum absolute atomic E-state index is 0.0939. The van der Waals surface area contributed by atoms with Crippen LogP contribution < -0.4 is 10.6 Å². The van der Waals surface area contributed by atoms with Gasteiger partial charge < -0.3 is 24.9 Å². The monoisotopic (exact) mass is 549 g/mol. The summed E-state index contributed by atoms with van der Waals surface area (Å²) in [6, 6.07) is 3.71. The van der Waals surface area contributed by atoms with Crippen LogP contribution in [0.3, 0.4) is 0 Å². The summed E-state index contributed by atoms with van der Waals surface area (Å²) < 4.78 is 21.7. The Kier molecular flexibility index (Phi) is 9.59. The van der Waals surface area contributed by atoms with Gasteiger partial charge in [-0.1, -0.05) is 19.8 Å². The first-order valence-corrected chi connectivity index (χ1v) is 14.7. The highest BCUT2D eigenvalue weighted by molar-refractivity contribution is 5.92. The largest absolute Gasteiger partial charge is 0.381 e. The van der Waals surface area contributed by atoms with Gasteiger partial charge in [0.1, 0.15) is 17.1 Å². The van der Waals surface area contributed by atoms with Crippen LogP contribution in [0, 0.1) is 5.82 Å². The van der Waals surface area contributed by atoms with E-state index < -0.39 is 5.82 Å². The summed E-state index contributed by atoms with van der Waals surface area (Å²) in [5, 5.41) is 7.80. The van der Waals surface area contributed by atoms with Crippen molar-refractivity contribution in [3.05, 3.63) is 42.7 Å². The van der Waals surface area contributed by atoms with Crippen LogP contribution in [0.25, 0.3) is 33.5 Å². The molecule has 1 aliphatic rings. The zero-order valence-electron chi connectivity index (χ0n) is 23.3. The maximum absolute atomic E-state index is 13.9. The highest BCUT2D eigenvalue weighted by Crippen LogP contribution is 2.33. The second-order valence-electron chi connectivity index (χ2n) is 10.7. The van der Waals surface area contributed by atoms with Crippen molar-refractivity contribution < 1.29 is 13.9 Å². The van der Waals surface area contributed by atoms with E-state index in [-0.39, 0.29) is 18.1 Å². The van der Waals surface area contributed by atoms with Crippen LogP contribution in [0.5, 0.6) is 0 Å². The van der Waals surface area contributed by atoms with Crippen molar-refractivity contribution in [1.82, 2.24) is 35.1 Å². The Morgan fingerprint density at radius 2 is 2.02 bits per heavy atom. The molecule has 2 amide bonds. The van der Waals surface area contributed by atoms with E-state index in [2.05, 4.69) is 43.3 Å². The van der Waals surface area contributed by atoms with E-state index in [1.807, 2.05) is 12.3 Å². The molecule has 214 valence electrons. The van der Waals surface area contributed by atoms with Crippen molar-refractivity contribution in [3.8, 4) is 11.4 Å². The third-order valence-corrected chi connectivity index (χ3v) is 7.71. The third kappa shape index (κ3) is 6.96. The average molecular weight is 550 g/mol. The van der Waals surface area contributed by atoms with Gasteiger partial charge in [-0.3, -0.25) is 0 Å². The standard InChI is InChI=1S/C30H40FN7O2/c1-2-3-6-14-40-15-7-4-5-12-32-30(39)36-23-9-8-10-24(17-23)38-13-11-21-18-33-28(37-29(21)38)26-20-35-27-25(26)16-22(31)19-34-27/h11,13,16,18-20,23-24H,2-10,12,14-15,17H2,1H3,(H,34,35)(H2,32,36,39)/t23-,24+/m1/s1. The minimum Gasteiger partial charge on any atom is -0.381 e. The number of urea groups is 1. The van der Waals surface area contributed by atoms with Crippen LogP contribution in [0.15, 0.2) is 36.9 Å². The van der Waals surface area contributed by atoms with Gasteiger partial charge in [0.2, 0.25) is 0 Å². The van der Waals surface area contributed by atoms with E-state index in [0.717, 1.165) is 81.2 Å². The van der Waals surface area contributed by atoms with Crippen molar-refractivity contribution in [2.45, 2.75) is 83.2 Å². The number of unbranched alkanes of at least 4 members (excludes halogenated alkanes) is 4. The fraction of sp³-hybridized carbons (Fsp3) is 0.533. The topological polar surface area (TPSA) is 110 Å². The van der Waals surface area contributed by atoms with E-state index in [1.165, 1.54) is 25.1 Å². The predicted molar refractivity (Wildman–Crippen MR) is 155 cm³/mol. The Balaban J connectivity index is 1.13. The molecule has 0 saturated heterocycles. The lowest BCUT2D eigenvalue weighted by molar-refractivity contribution is 0.126. The molecule has 0 radical (unpaired) electrons. The zero-order chi connectivity index (χ0) is 27.7. The Morgan fingerprint density at radius 3 is 2.90 bits per heavy atom. The number of rotatable bonds is 13. The summed E-state index contributed by atoms with van der Waals surface area (Å²) in [6.07, 6.45) is 17.3. The number of amides is 2. The number of hydrogen-bond acceptors (Lipinski definition) is 5. The molecule has 0 aromatic carbocycles. The normalized spacial score (nSPS) is 17.4. The van der Waals surface area contributed by atoms with E-state index in [1.54, 1.807) is 6.20 Å². The lowest BCUT2D eigenvalue weighted by atomic mass is 9.91. The van der Waals surface area contributed by atoms with Crippen molar-refractivity contribution in [3.63, 3.8) is 0 Å². The fourth-order valence-electron chi connectivity index (χ4n) is 5.57. The fourth-order valence-corrected chi connectivity index (χ4v) is 5.57. The smallest absolute Gasteiger partial charge is 0.315 e. The second-order valence-corrected chi connectivity index (χ2v) is 10.7. The Hall–Kier alpha value is -3.53. The van der Waals surface area contributed by atoms with Crippen molar-refractivity contribution in [2.75, 3.05) is 19.8 Å². The van der Waals surface area contributed by atoms with Gasteiger partial charge in [0.25, 0.3) is 0 Å². The van der Waals surface area contributed by atoms with Gasteiger partial charge in [-0.2, -0.15) is 0 Å². The minimum atomic E-state index is -0.398. The summed E-state index contributed by atoms with van der Waals surface area (Å²) in [5.41, 5.74) is 2.16. The van der Waals surface area contributed by atoms with Crippen molar-refractivity contribution in [2.24, 2.45) is 0 Å². The summed E-state index contributed by atoms with van der Waals surface area (Å²) in [7, 11) is 0. The van der Waals surface area contributed by atoms with E-state index in [4.69, 9.17) is 9.72 Å². The highest BCUT2D eigenvalue weighted by Gasteiger charge is 2.26. The van der Waals surface area contributed by atoms with Gasteiger partial charge in [-0.25, -0.2) is 24.1 Å². The Bertz CT molecular complexity index is 1400. The number of H-pyrrole nitrogens is 1. The first-order chi connectivity index (χ1) is 19.6. The lowest BCUT2D eigenvalue weighted by Gasteiger charge is -2.31. The van der Waals surface area contributed by atoms with Crippen LogP contribution in [0.2, 0.25) is 0 Å². The number of ether oxygens (including phenoxy) is 1. The molecule has 0 spiro atoms. The van der Waals surface area contributed by atoms with Gasteiger partial charge in [0.15, 0.2) is 5.82 Å². The number of halogens is 1. The number of carbonyl (C=O) groups excluding carboxylic acids is 1. The highest BCUT2D eigenvalue weighted by atomic mass is 19.1. The molecule has 2 atom stereocenters. The summed E-state index contributed by atoms with van der Waals surface area (Å²) in [4.78, 5) is 29.2. The van der Waals surface area contributed by atoms with Crippen molar-refractivity contribution in [1.29, 1.82) is 0 Å². The summed E-state index contributed by atoms with van der Waals surface area (Å²) in [5.74, 6) is 0.129. The lowest BCUT2D eigenvalue weighted by Crippen LogP contribution is -2.44. The molecule has 9 nitrogen and oxygen atoms in total. The quantitative estimate of drug-likeness (QED) is 0.170. The molecule has 1 saturated carbocycles. The number of aromatic amines is 1. The number of pyridine rings is 1. The maximum atomic E-state index is 13.9. The molecular formula is C30H40FN7O2. The first kappa shape index (κ1) is 28.0. The van der Waals surface area contributed by atoms with Gasteiger partial charge in [-0.15, -0.1) is 0 Å². The van der Waals surface area contributed by atoms with Crippen LogP contribution in [0.4, 0.5) is 9.18 Å². The molecule has 10 heteroatoms. The second kappa shape index (κ2) is 13.7. The molecule has 0 bridgehead atoms. The Morgan fingerprint density at radius 1 is 1.15 bits per heavy atom. The molecule has 0 unspecified atom stereocenters. The van der Waals surface area contributed by atoms with E-state index >= 15 is 0 Å². The molecule has 4 aromatic rings. The summed E-state index contributed by atoms with van der Waals surface area (Å²) >= 11 is 0. The maximum Gasteiger partial charge on any atom is 0.315 e. The van der Waals surface area contributed by atoms with Gasteiger partial charge in [0, 0.05) is 66.8 Å². The number of fused-ring (bicyclic) bond motifs is 2. The van der Waals surface area contributed by atoms with E-state index in [0.29, 0.717) is 23.4 Å². The number of carbonyl (C=O) groups is 1. The third-order valence-electron chi connectivity index (χ3n) is 7.71. The first-order valence-electron chi connectivity index (χ1n) is 14.7. The van der Waals surface area contributed by atoms with E-state index in [9.17, 15) is 9.18 Å².